The van der Waals surface area contributed by atoms with E-state index in [0.717, 1.165) is 43.2 Å². The summed E-state index contributed by atoms with van der Waals surface area (Å²) in [7, 11) is 0. The molecule has 0 aliphatic carbocycles. The summed E-state index contributed by atoms with van der Waals surface area (Å²) in [6.45, 7) is 1.40. The number of nitrogens with one attached hydrogen (secondary N) is 2. The maximum absolute atomic E-state index is 11.9. The van der Waals surface area contributed by atoms with Crippen LogP contribution in [0.1, 0.15) is 43.2 Å². The van der Waals surface area contributed by atoms with E-state index in [1.54, 1.807) is 24.3 Å². The zero-order chi connectivity index (χ0) is 20.9. The average Bonchev–Trinajstić information content (AvgIpc) is 2.70. The number of hydrogen-bond acceptors (Lipinski definition) is 2. The quantitative estimate of drug-likeness (QED) is 0.463. The van der Waals surface area contributed by atoms with Gasteiger partial charge in [0.2, 0.25) is 11.8 Å². The molecule has 0 fully saturated rings. The van der Waals surface area contributed by atoms with Gasteiger partial charge in [0.1, 0.15) is 0 Å². The van der Waals surface area contributed by atoms with Gasteiger partial charge in [-0.1, -0.05) is 66.7 Å². The first-order chi connectivity index (χ1) is 14.0. The zero-order valence-corrected chi connectivity index (χ0v) is 18.1. The molecule has 0 radical (unpaired) electrons. The fraction of sp³-hybridized carbons (Fsp3) is 0.391. The number of rotatable bonds is 12. The Balaban J connectivity index is 1.42. The van der Waals surface area contributed by atoms with Crippen molar-refractivity contribution in [3.05, 3.63) is 69.7 Å². The summed E-state index contributed by atoms with van der Waals surface area (Å²) < 4.78 is 0. The van der Waals surface area contributed by atoms with Gasteiger partial charge in [-0.05, 0) is 48.2 Å². The van der Waals surface area contributed by atoms with Gasteiger partial charge in [-0.25, -0.2) is 0 Å². The van der Waals surface area contributed by atoms with Crippen LogP contribution in [0.15, 0.2) is 48.5 Å². The Kier molecular flexibility index (Phi) is 10.6. The lowest BCUT2D eigenvalue weighted by molar-refractivity contribution is -0.121. The molecule has 0 aromatic heterocycles. The topological polar surface area (TPSA) is 58.2 Å². The van der Waals surface area contributed by atoms with Crippen molar-refractivity contribution in [2.75, 3.05) is 13.1 Å². The molecular weight excluding hydrogens is 407 g/mol. The predicted molar refractivity (Wildman–Crippen MR) is 119 cm³/mol. The lowest BCUT2D eigenvalue weighted by Crippen LogP contribution is -2.26. The molecule has 6 heteroatoms. The highest BCUT2D eigenvalue weighted by molar-refractivity contribution is 6.30. The van der Waals surface area contributed by atoms with Gasteiger partial charge in [-0.3, -0.25) is 9.59 Å². The normalized spacial score (nSPS) is 10.6. The van der Waals surface area contributed by atoms with Gasteiger partial charge in [0, 0.05) is 23.1 Å². The van der Waals surface area contributed by atoms with Crippen LogP contribution in [0.25, 0.3) is 0 Å². The van der Waals surface area contributed by atoms with Crippen LogP contribution < -0.4 is 10.6 Å². The highest BCUT2D eigenvalue weighted by Gasteiger charge is 2.04. The van der Waals surface area contributed by atoms with Crippen LogP contribution in [0.2, 0.25) is 10.0 Å². The van der Waals surface area contributed by atoms with E-state index in [9.17, 15) is 9.59 Å². The molecule has 0 atom stereocenters. The van der Waals surface area contributed by atoms with E-state index in [0.29, 0.717) is 36.0 Å². The first-order valence-corrected chi connectivity index (χ1v) is 10.8. The Morgan fingerprint density at radius 1 is 0.586 bits per heavy atom. The molecule has 2 aromatic rings. The van der Waals surface area contributed by atoms with Gasteiger partial charge in [0.25, 0.3) is 0 Å². The third-order valence-electron chi connectivity index (χ3n) is 4.55. The minimum Gasteiger partial charge on any atom is -0.356 e. The third-order valence-corrected chi connectivity index (χ3v) is 5.06. The minimum atomic E-state index is 0.0377. The Morgan fingerprint density at radius 2 is 0.931 bits per heavy atom. The first-order valence-electron chi connectivity index (χ1n) is 10.1. The summed E-state index contributed by atoms with van der Waals surface area (Å²) in [6.07, 6.45) is 5.93. The molecule has 156 valence electrons. The molecule has 0 saturated heterocycles. The van der Waals surface area contributed by atoms with Crippen molar-refractivity contribution >= 4 is 35.0 Å². The van der Waals surface area contributed by atoms with E-state index in [-0.39, 0.29) is 11.8 Å². The largest absolute Gasteiger partial charge is 0.356 e. The van der Waals surface area contributed by atoms with Crippen LogP contribution in [0.5, 0.6) is 0 Å². The van der Waals surface area contributed by atoms with Gasteiger partial charge in [-0.2, -0.15) is 0 Å². The Morgan fingerprint density at radius 3 is 1.31 bits per heavy atom. The molecule has 0 bridgehead atoms. The second-order valence-electron chi connectivity index (χ2n) is 7.07. The van der Waals surface area contributed by atoms with E-state index in [2.05, 4.69) is 10.6 Å². The van der Waals surface area contributed by atoms with Crippen molar-refractivity contribution in [3.63, 3.8) is 0 Å². The van der Waals surface area contributed by atoms with E-state index < -0.39 is 0 Å². The van der Waals surface area contributed by atoms with Crippen molar-refractivity contribution in [1.29, 1.82) is 0 Å². The lowest BCUT2D eigenvalue weighted by Gasteiger charge is -2.07. The van der Waals surface area contributed by atoms with Gasteiger partial charge in [0.05, 0.1) is 12.8 Å². The lowest BCUT2D eigenvalue weighted by atomic mass is 10.1. The molecule has 2 rings (SSSR count). The Bertz CT molecular complexity index is 696. The fourth-order valence-electron chi connectivity index (χ4n) is 2.94. The molecule has 29 heavy (non-hydrogen) atoms. The maximum atomic E-state index is 11.9. The van der Waals surface area contributed by atoms with Crippen LogP contribution in [-0.4, -0.2) is 24.9 Å². The number of amides is 2. The molecule has 0 spiro atoms. The summed E-state index contributed by atoms with van der Waals surface area (Å²) in [4.78, 5) is 23.8. The molecule has 0 unspecified atom stereocenters. The van der Waals surface area contributed by atoms with E-state index in [1.165, 1.54) is 0 Å². The van der Waals surface area contributed by atoms with Crippen LogP contribution in [0, 0.1) is 0 Å². The summed E-state index contributed by atoms with van der Waals surface area (Å²) >= 11 is 11.7. The van der Waals surface area contributed by atoms with Gasteiger partial charge in [-0.15, -0.1) is 0 Å². The van der Waals surface area contributed by atoms with Crippen molar-refractivity contribution in [1.82, 2.24) is 10.6 Å². The van der Waals surface area contributed by atoms with E-state index >= 15 is 0 Å². The second kappa shape index (κ2) is 13.2. The van der Waals surface area contributed by atoms with Crippen LogP contribution in [0.4, 0.5) is 0 Å². The highest BCUT2D eigenvalue weighted by atomic mass is 35.5. The zero-order valence-electron chi connectivity index (χ0n) is 16.6. The Labute approximate surface area is 183 Å². The summed E-state index contributed by atoms with van der Waals surface area (Å²) in [5.41, 5.74) is 1.93. The fourth-order valence-corrected chi connectivity index (χ4v) is 3.19. The number of benzene rings is 2. The number of halogens is 2. The molecule has 0 aliphatic heterocycles. The number of unbranched alkanes of at least 4 members (excludes halogenated alkanes) is 4. The molecular formula is C23H28Cl2N2O2. The van der Waals surface area contributed by atoms with E-state index in [4.69, 9.17) is 23.2 Å². The standard InChI is InChI=1S/C23H28Cl2N2O2/c24-20-10-6-18(7-11-20)16-22(28)26-14-4-2-1-3-5-15-27-23(29)17-19-8-12-21(25)13-9-19/h6-13H,1-5,14-17H2,(H,26,28)(H,27,29). The van der Waals surface area contributed by atoms with Gasteiger partial charge < -0.3 is 10.6 Å². The molecule has 2 aromatic carbocycles. The summed E-state index contributed by atoms with van der Waals surface area (Å²) in [5.74, 6) is 0.0754. The van der Waals surface area contributed by atoms with Gasteiger partial charge in [0.15, 0.2) is 0 Å². The predicted octanol–water partition coefficient (Wildman–Crippen LogP) is 4.96. The van der Waals surface area contributed by atoms with Crippen molar-refractivity contribution in [3.8, 4) is 0 Å². The molecule has 0 aliphatic rings. The van der Waals surface area contributed by atoms with Gasteiger partial charge >= 0.3 is 0 Å². The summed E-state index contributed by atoms with van der Waals surface area (Å²) in [5, 5.41) is 7.26. The smallest absolute Gasteiger partial charge is 0.224 e. The monoisotopic (exact) mass is 434 g/mol. The molecule has 0 heterocycles. The van der Waals surface area contributed by atoms with Crippen molar-refractivity contribution in [2.24, 2.45) is 0 Å². The Hall–Kier alpha value is -2.04. The number of carbonyl (C=O) groups is 2. The van der Waals surface area contributed by atoms with Crippen molar-refractivity contribution in [2.45, 2.75) is 44.9 Å². The number of carbonyl (C=O) groups excluding carboxylic acids is 2. The second-order valence-corrected chi connectivity index (χ2v) is 7.95. The molecule has 2 N–H and O–H groups in total. The molecule has 2 amide bonds. The van der Waals surface area contributed by atoms with Crippen LogP contribution in [-0.2, 0) is 22.4 Å². The molecule has 0 saturated carbocycles. The first kappa shape index (κ1) is 23.2. The third kappa shape index (κ3) is 10.3. The van der Waals surface area contributed by atoms with E-state index in [1.807, 2.05) is 24.3 Å². The molecule has 4 nitrogen and oxygen atoms in total. The minimum absolute atomic E-state index is 0.0377. The van der Waals surface area contributed by atoms with Crippen molar-refractivity contribution < 1.29 is 9.59 Å². The highest BCUT2D eigenvalue weighted by Crippen LogP contribution is 2.11. The average molecular weight is 435 g/mol. The number of hydrogen-bond donors (Lipinski definition) is 2. The van der Waals surface area contributed by atoms with Crippen LogP contribution >= 0.6 is 23.2 Å². The maximum Gasteiger partial charge on any atom is 0.224 e. The SMILES string of the molecule is O=C(Cc1ccc(Cl)cc1)NCCCCCCCNC(=O)Cc1ccc(Cl)cc1. The summed E-state index contributed by atoms with van der Waals surface area (Å²) in [6, 6.07) is 14.7. The van der Waals surface area contributed by atoms with Crippen LogP contribution in [0.3, 0.4) is 0 Å².